The summed E-state index contributed by atoms with van der Waals surface area (Å²) in [5.41, 5.74) is 8.36. The summed E-state index contributed by atoms with van der Waals surface area (Å²) in [6.45, 7) is 4.09. The molecule has 5 nitrogen and oxygen atoms in total. The summed E-state index contributed by atoms with van der Waals surface area (Å²) < 4.78 is 0. The van der Waals surface area contributed by atoms with Gasteiger partial charge in [-0.3, -0.25) is 9.79 Å². The van der Waals surface area contributed by atoms with E-state index >= 15 is 0 Å². The maximum Gasteiger partial charge on any atom is 0.253 e. The van der Waals surface area contributed by atoms with Gasteiger partial charge in [0.15, 0.2) is 0 Å². The van der Waals surface area contributed by atoms with Gasteiger partial charge in [-0.1, -0.05) is 18.7 Å². The van der Waals surface area contributed by atoms with Crippen LogP contribution >= 0.6 is 0 Å². The SMILES string of the molecule is C=C(C(N)=NC1CCC(N(C)C)CC1)c1cccc(C(=O)N(C)C)c1. The number of carbonyl (C=O) groups excluding carboxylic acids is 1. The number of amidine groups is 1. The molecule has 0 saturated heterocycles. The number of hydrogen-bond donors (Lipinski definition) is 1. The van der Waals surface area contributed by atoms with Crippen LogP contribution in [0.2, 0.25) is 0 Å². The minimum Gasteiger partial charge on any atom is -0.383 e. The predicted octanol–water partition coefficient (Wildman–Crippen LogP) is 2.63. The molecule has 0 atom stereocenters. The van der Waals surface area contributed by atoms with Gasteiger partial charge in [-0.2, -0.15) is 0 Å². The highest BCUT2D eigenvalue weighted by atomic mass is 16.2. The molecule has 0 aromatic heterocycles. The highest BCUT2D eigenvalue weighted by molar-refractivity contribution is 6.21. The zero-order chi connectivity index (χ0) is 18.6. The van der Waals surface area contributed by atoms with Crippen LogP contribution in [0.25, 0.3) is 5.57 Å². The van der Waals surface area contributed by atoms with Crippen LogP contribution in [0, 0.1) is 0 Å². The zero-order valence-corrected chi connectivity index (χ0v) is 15.8. The van der Waals surface area contributed by atoms with Gasteiger partial charge in [-0.15, -0.1) is 0 Å². The molecule has 2 N–H and O–H groups in total. The number of nitrogens with zero attached hydrogens (tertiary/aromatic N) is 3. The number of benzene rings is 1. The molecule has 1 aliphatic carbocycles. The van der Waals surface area contributed by atoms with Crippen LogP contribution in [0.4, 0.5) is 0 Å². The maximum absolute atomic E-state index is 12.1. The standard InChI is InChI=1S/C20H30N4O/c1-14(15-7-6-8-16(13-15)20(25)24(4)5)19(21)22-17-9-11-18(12-10-17)23(2)3/h6-8,13,17-18H,1,9-12H2,2-5H3,(H2,21,22). The van der Waals surface area contributed by atoms with Crippen LogP contribution in [0.5, 0.6) is 0 Å². The number of rotatable bonds is 5. The van der Waals surface area contributed by atoms with Crippen molar-refractivity contribution in [2.24, 2.45) is 10.7 Å². The third-order valence-electron chi connectivity index (χ3n) is 4.89. The molecule has 2 rings (SSSR count). The van der Waals surface area contributed by atoms with Gasteiger partial charge in [-0.25, -0.2) is 0 Å². The fourth-order valence-corrected chi connectivity index (χ4v) is 3.22. The lowest BCUT2D eigenvalue weighted by molar-refractivity contribution is 0.0827. The second-order valence-corrected chi connectivity index (χ2v) is 7.20. The van der Waals surface area contributed by atoms with Crippen molar-refractivity contribution in [3.8, 4) is 0 Å². The molecule has 0 unspecified atom stereocenters. The summed E-state index contributed by atoms with van der Waals surface area (Å²) in [5.74, 6) is 0.440. The van der Waals surface area contributed by atoms with Gasteiger partial charge in [0.2, 0.25) is 0 Å². The van der Waals surface area contributed by atoms with Gasteiger partial charge in [0.1, 0.15) is 5.84 Å². The average molecular weight is 342 g/mol. The molecule has 0 bridgehead atoms. The van der Waals surface area contributed by atoms with Crippen molar-refractivity contribution >= 4 is 17.3 Å². The summed E-state index contributed by atoms with van der Waals surface area (Å²) in [5, 5.41) is 0. The van der Waals surface area contributed by atoms with Gasteiger partial charge in [0.05, 0.1) is 6.04 Å². The highest BCUT2D eigenvalue weighted by Gasteiger charge is 2.22. The summed E-state index contributed by atoms with van der Waals surface area (Å²) >= 11 is 0. The van der Waals surface area contributed by atoms with Crippen molar-refractivity contribution in [3.05, 3.63) is 42.0 Å². The van der Waals surface area contributed by atoms with Crippen LogP contribution in [-0.2, 0) is 0 Å². The Labute approximate surface area is 151 Å². The number of hydrogen-bond acceptors (Lipinski definition) is 3. The Morgan fingerprint density at radius 1 is 1.12 bits per heavy atom. The lowest BCUT2D eigenvalue weighted by atomic mass is 9.91. The lowest BCUT2D eigenvalue weighted by Gasteiger charge is -2.31. The van der Waals surface area contributed by atoms with Crippen molar-refractivity contribution in [1.29, 1.82) is 0 Å². The number of aliphatic imine (C=N–C) groups is 1. The Morgan fingerprint density at radius 3 is 2.28 bits per heavy atom. The predicted molar refractivity (Wildman–Crippen MR) is 105 cm³/mol. The first-order valence-electron chi connectivity index (χ1n) is 8.80. The molecule has 136 valence electrons. The molecular formula is C20H30N4O. The molecule has 1 saturated carbocycles. The van der Waals surface area contributed by atoms with Crippen molar-refractivity contribution in [1.82, 2.24) is 9.80 Å². The summed E-state index contributed by atoms with van der Waals surface area (Å²) in [7, 11) is 7.74. The van der Waals surface area contributed by atoms with Crippen LogP contribution < -0.4 is 5.73 Å². The normalized spacial score (nSPS) is 21.2. The average Bonchev–Trinajstić information content (AvgIpc) is 2.60. The fraction of sp³-hybridized carbons (Fsp3) is 0.500. The monoisotopic (exact) mass is 342 g/mol. The molecule has 25 heavy (non-hydrogen) atoms. The van der Waals surface area contributed by atoms with Crippen LogP contribution in [0.15, 0.2) is 35.8 Å². The Kier molecular flexibility index (Phi) is 6.37. The first-order chi connectivity index (χ1) is 11.8. The molecule has 1 aromatic rings. The molecule has 1 aromatic carbocycles. The zero-order valence-electron chi connectivity index (χ0n) is 15.8. The van der Waals surface area contributed by atoms with Gasteiger partial charge in [-0.05, 0) is 57.5 Å². The second kappa shape index (κ2) is 8.30. The second-order valence-electron chi connectivity index (χ2n) is 7.20. The Morgan fingerprint density at radius 2 is 1.72 bits per heavy atom. The summed E-state index contributed by atoms with van der Waals surface area (Å²) in [6.07, 6.45) is 4.40. The smallest absolute Gasteiger partial charge is 0.253 e. The van der Waals surface area contributed by atoms with Crippen LogP contribution in [0.1, 0.15) is 41.6 Å². The van der Waals surface area contributed by atoms with E-state index in [4.69, 9.17) is 10.7 Å². The molecule has 1 aliphatic rings. The highest BCUT2D eigenvalue weighted by Crippen LogP contribution is 2.25. The summed E-state index contributed by atoms with van der Waals surface area (Å²) in [4.78, 5) is 20.7. The molecule has 0 aliphatic heterocycles. The van der Waals surface area contributed by atoms with E-state index in [2.05, 4.69) is 25.6 Å². The first-order valence-corrected chi connectivity index (χ1v) is 8.80. The van der Waals surface area contributed by atoms with Gasteiger partial charge in [0.25, 0.3) is 5.91 Å². The summed E-state index contributed by atoms with van der Waals surface area (Å²) in [6, 6.07) is 8.31. The van der Waals surface area contributed by atoms with E-state index in [1.165, 1.54) is 0 Å². The molecule has 0 radical (unpaired) electrons. The maximum atomic E-state index is 12.1. The molecule has 0 spiro atoms. The quantitative estimate of drug-likeness (QED) is 0.661. The van der Waals surface area contributed by atoms with Crippen molar-refractivity contribution < 1.29 is 4.79 Å². The molecule has 5 heteroatoms. The molecule has 0 heterocycles. The van der Waals surface area contributed by atoms with E-state index in [1.54, 1.807) is 25.1 Å². The van der Waals surface area contributed by atoms with Gasteiger partial charge in [0, 0.05) is 31.3 Å². The molecular weight excluding hydrogens is 312 g/mol. The molecule has 1 amide bonds. The van der Waals surface area contributed by atoms with E-state index in [-0.39, 0.29) is 11.9 Å². The largest absolute Gasteiger partial charge is 0.383 e. The Hall–Kier alpha value is -2.14. The van der Waals surface area contributed by atoms with E-state index in [0.717, 1.165) is 31.2 Å². The topological polar surface area (TPSA) is 61.9 Å². The van der Waals surface area contributed by atoms with Crippen molar-refractivity contribution in [2.75, 3.05) is 28.2 Å². The number of carbonyl (C=O) groups is 1. The minimum absolute atomic E-state index is 0.0350. The van der Waals surface area contributed by atoms with Crippen LogP contribution in [0.3, 0.4) is 0 Å². The third-order valence-corrected chi connectivity index (χ3v) is 4.89. The van der Waals surface area contributed by atoms with E-state index in [9.17, 15) is 4.79 Å². The number of nitrogens with two attached hydrogens (primary N) is 1. The Bertz CT molecular complexity index is 655. The van der Waals surface area contributed by atoms with E-state index < -0.39 is 0 Å². The first kappa shape index (κ1) is 19.2. The molecule has 1 fully saturated rings. The van der Waals surface area contributed by atoms with E-state index in [1.807, 2.05) is 18.2 Å². The van der Waals surface area contributed by atoms with Crippen molar-refractivity contribution in [2.45, 2.75) is 37.8 Å². The number of amides is 1. The Balaban J connectivity index is 2.07. The lowest BCUT2D eigenvalue weighted by Crippen LogP contribution is -2.33. The minimum atomic E-state index is -0.0350. The van der Waals surface area contributed by atoms with Crippen molar-refractivity contribution in [3.63, 3.8) is 0 Å². The third kappa shape index (κ3) is 4.92. The fourth-order valence-electron chi connectivity index (χ4n) is 3.22. The van der Waals surface area contributed by atoms with Gasteiger partial charge < -0.3 is 15.5 Å². The van der Waals surface area contributed by atoms with E-state index in [0.29, 0.717) is 23.0 Å². The van der Waals surface area contributed by atoms with Gasteiger partial charge >= 0.3 is 0 Å². The van der Waals surface area contributed by atoms with Crippen LogP contribution in [-0.4, -0.2) is 61.8 Å².